The van der Waals surface area contributed by atoms with E-state index < -0.39 is 0 Å². The summed E-state index contributed by atoms with van der Waals surface area (Å²) in [5, 5.41) is 19.9. The largest absolute Gasteiger partial charge is 0.376 e. The highest BCUT2D eigenvalue weighted by Gasteiger charge is 2.17. The van der Waals surface area contributed by atoms with Gasteiger partial charge in [-0.15, -0.1) is 10.2 Å². The Kier molecular flexibility index (Phi) is 6.66. The van der Waals surface area contributed by atoms with Crippen molar-refractivity contribution in [3.05, 3.63) is 41.7 Å². The highest BCUT2D eigenvalue weighted by Crippen LogP contribution is 2.27. The summed E-state index contributed by atoms with van der Waals surface area (Å²) in [5.74, 6) is 0.165. The number of benzene rings is 1. The quantitative estimate of drug-likeness (QED) is 0.512. The van der Waals surface area contributed by atoms with Crippen molar-refractivity contribution in [3.63, 3.8) is 0 Å². The molecule has 1 aliphatic rings. The van der Waals surface area contributed by atoms with E-state index >= 15 is 0 Å². The third-order valence-corrected chi connectivity index (χ3v) is 6.81. The van der Waals surface area contributed by atoms with Gasteiger partial charge in [0.05, 0.1) is 34.6 Å². The minimum Gasteiger partial charge on any atom is -0.376 e. The summed E-state index contributed by atoms with van der Waals surface area (Å²) in [7, 11) is 0. The SMILES string of the molecule is Cc1nn(-c2ccccc2)c(C)c1NC(=O)CSc1nnc(NCC2CCCO2)s1. The Hall–Kier alpha value is -2.43. The fraction of sp³-hybridized carbons (Fsp3) is 0.400. The molecule has 0 spiro atoms. The van der Waals surface area contributed by atoms with Gasteiger partial charge in [-0.1, -0.05) is 41.3 Å². The number of anilines is 2. The molecule has 1 aromatic carbocycles. The Bertz CT molecular complexity index is 998. The van der Waals surface area contributed by atoms with E-state index in [-0.39, 0.29) is 17.8 Å². The summed E-state index contributed by atoms with van der Waals surface area (Å²) in [6.07, 6.45) is 2.44. The van der Waals surface area contributed by atoms with E-state index in [9.17, 15) is 4.79 Å². The van der Waals surface area contributed by atoms with Gasteiger partial charge in [0, 0.05) is 13.2 Å². The first-order chi connectivity index (χ1) is 14.6. The van der Waals surface area contributed by atoms with Crippen LogP contribution in [0.3, 0.4) is 0 Å². The standard InChI is InChI=1S/C20H24N6O2S2/c1-13-18(14(2)26(25-13)15-7-4-3-5-8-15)22-17(27)12-29-20-24-23-19(30-20)21-11-16-9-6-10-28-16/h3-5,7-8,16H,6,9-12H2,1-2H3,(H,21,23)(H,22,27). The summed E-state index contributed by atoms with van der Waals surface area (Å²) < 4.78 is 8.20. The first-order valence-corrected chi connectivity index (χ1v) is 11.6. The normalized spacial score (nSPS) is 16.0. The second-order valence-electron chi connectivity index (χ2n) is 7.02. The van der Waals surface area contributed by atoms with E-state index in [1.54, 1.807) is 0 Å². The number of ether oxygens (including phenoxy) is 1. The predicted octanol–water partition coefficient (Wildman–Crippen LogP) is 3.66. The van der Waals surface area contributed by atoms with Crippen molar-refractivity contribution in [1.29, 1.82) is 0 Å². The molecule has 0 aliphatic carbocycles. The first-order valence-electron chi connectivity index (χ1n) is 9.83. The monoisotopic (exact) mass is 444 g/mol. The molecule has 1 amide bonds. The highest BCUT2D eigenvalue weighted by atomic mass is 32.2. The van der Waals surface area contributed by atoms with Gasteiger partial charge in [0.2, 0.25) is 11.0 Å². The van der Waals surface area contributed by atoms with Crippen molar-refractivity contribution in [1.82, 2.24) is 20.0 Å². The Morgan fingerprint density at radius 1 is 1.30 bits per heavy atom. The average Bonchev–Trinajstić information content (AvgIpc) is 3.49. The lowest BCUT2D eigenvalue weighted by atomic mass is 10.2. The van der Waals surface area contributed by atoms with Crippen LogP contribution in [0.4, 0.5) is 10.8 Å². The molecule has 158 valence electrons. The van der Waals surface area contributed by atoms with Crippen molar-refractivity contribution in [2.24, 2.45) is 0 Å². The topological polar surface area (TPSA) is 94.0 Å². The Balaban J connectivity index is 1.30. The number of aryl methyl sites for hydroxylation is 1. The molecule has 30 heavy (non-hydrogen) atoms. The molecule has 1 atom stereocenters. The smallest absolute Gasteiger partial charge is 0.234 e. The Morgan fingerprint density at radius 3 is 2.90 bits per heavy atom. The molecule has 3 aromatic rings. The molecule has 3 heterocycles. The van der Waals surface area contributed by atoms with Crippen LogP contribution in [0.5, 0.6) is 0 Å². The van der Waals surface area contributed by atoms with Crippen LogP contribution < -0.4 is 10.6 Å². The molecule has 1 fully saturated rings. The predicted molar refractivity (Wildman–Crippen MR) is 120 cm³/mol. The van der Waals surface area contributed by atoms with Crippen molar-refractivity contribution in [2.45, 2.75) is 37.1 Å². The summed E-state index contributed by atoms with van der Waals surface area (Å²) in [5.41, 5.74) is 3.39. The lowest BCUT2D eigenvalue weighted by molar-refractivity contribution is -0.113. The van der Waals surface area contributed by atoms with Crippen LogP contribution in [0.1, 0.15) is 24.2 Å². The number of amides is 1. The minimum absolute atomic E-state index is 0.0946. The van der Waals surface area contributed by atoms with Crippen molar-refractivity contribution in [3.8, 4) is 5.69 Å². The Labute approximate surface area is 183 Å². The van der Waals surface area contributed by atoms with Gasteiger partial charge in [-0.3, -0.25) is 4.79 Å². The van der Waals surface area contributed by atoms with Gasteiger partial charge < -0.3 is 15.4 Å². The summed E-state index contributed by atoms with van der Waals surface area (Å²) in [6, 6.07) is 9.87. The molecule has 0 radical (unpaired) electrons. The van der Waals surface area contributed by atoms with E-state index in [1.165, 1.54) is 23.1 Å². The second kappa shape index (κ2) is 9.59. The molecule has 4 rings (SSSR count). The molecular weight excluding hydrogens is 420 g/mol. The third kappa shape index (κ3) is 5.00. The van der Waals surface area contributed by atoms with Crippen LogP contribution in [-0.4, -0.2) is 50.9 Å². The van der Waals surface area contributed by atoms with Gasteiger partial charge >= 0.3 is 0 Å². The Morgan fingerprint density at radius 2 is 2.13 bits per heavy atom. The van der Waals surface area contributed by atoms with Gasteiger partial charge in [0.1, 0.15) is 0 Å². The number of carbonyl (C=O) groups is 1. The van der Waals surface area contributed by atoms with Crippen molar-refractivity contribution in [2.75, 3.05) is 29.5 Å². The molecule has 10 heteroatoms. The molecule has 0 saturated carbocycles. The van der Waals surface area contributed by atoms with Crippen LogP contribution in [-0.2, 0) is 9.53 Å². The lowest BCUT2D eigenvalue weighted by Crippen LogP contribution is -2.18. The zero-order chi connectivity index (χ0) is 20.9. The number of nitrogens with one attached hydrogen (secondary N) is 2. The zero-order valence-electron chi connectivity index (χ0n) is 16.9. The van der Waals surface area contributed by atoms with Crippen molar-refractivity contribution < 1.29 is 9.53 Å². The van der Waals surface area contributed by atoms with Gasteiger partial charge in [-0.25, -0.2) is 4.68 Å². The number of hydrogen-bond donors (Lipinski definition) is 2. The molecular formula is C20H24N6O2S2. The summed E-state index contributed by atoms with van der Waals surface area (Å²) in [4.78, 5) is 12.5. The van der Waals surface area contributed by atoms with Gasteiger partial charge in [0.25, 0.3) is 0 Å². The van der Waals surface area contributed by atoms with E-state index in [1.807, 2.05) is 48.9 Å². The van der Waals surface area contributed by atoms with Gasteiger partial charge in [0.15, 0.2) is 4.34 Å². The second-order valence-corrected chi connectivity index (χ2v) is 9.22. The van der Waals surface area contributed by atoms with Crippen LogP contribution in [0, 0.1) is 13.8 Å². The maximum Gasteiger partial charge on any atom is 0.234 e. The lowest BCUT2D eigenvalue weighted by Gasteiger charge is -2.08. The molecule has 0 bridgehead atoms. The van der Waals surface area contributed by atoms with E-state index in [0.717, 1.165) is 58.2 Å². The highest BCUT2D eigenvalue weighted by molar-refractivity contribution is 8.01. The number of rotatable bonds is 8. The van der Waals surface area contributed by atoms with E-state index in [0.29, 0.717) is 0 Å². The van der Waals surface area contributed by atoms with E-state index in [2.05, 4.69) is 25.9 Å². The molecule has 2 N–H and O–H groups in total. The third-order valence-electron chi connectivity index (χ3n) is 4.79. The zero-order valence-corrected chi connectivity index (χ0v) is 18.6. The van der Waals surface area contributed by atoms with Crippen molar-refractivity contribution >= 4 is 39.8 Å². The minimum atomic E-state index is -0.0946. The maximum atomic E-state index is 12.5. The first kappa shape index (κ1) is 20.8. The number of hydrogen-bond acceptors (Lipinski definition) is 8. The van der Waals surface area contributed by atoms with E-state index in [4.69, 9.17) is 4.74 Å². The number of thioether (sulfide) groups is 1. The van der Waals surface area contributed by atoms with Crippen LogP contribution in [0.25, 0.3) is 5.69 Å². The molecule has 2 aromatic heterocycles. The van der Waals surface area contributed by atoms with Crippen LogP contribution in [0.2, 0.25) is 0 Å². The fourth-order valence-corrected chi connectivity index (χ4v) is 4.85. The van der Waals surface area contributed by atoms with Crippen LogP contribution in [0.15, 0.2) is 34.7 Å². The maximum absolute atomic E-state index is 12.5. The number of carbonyl (C=O) groups excluding carboxylic acids is 1. The number of aromatic nitrogens is 4. The molecule has 1 aliphatic heterocycles. The van der Waals surface area contributed by atoms with Gasteiger partial charge in [-0.05, 0) is 38.8 Å². The van der Waals surface area contributed by atoms with Gasteiger partial charge in [-0.2, -0.15) is 5.10 Å². The molecule has 1 saturated heterocycles. The summed E-state index contributed by atoms with van der Waals surface area (Å²) >= 11 is 2.83. The number of para-hydroxylation sites is 1. The average molecular weight is 445 g/mol. The number of nitrogens with zero attached hydrogens (tertiary/aromatic N) is 4. The molecule has 1 unspecified atom stereocenters. The van der Waals surface area contributed by atoms with Crippen LogP contribution >= 0.6 is 23.1 Å². The summed E-state index contributed by atoms with van der Waals surface area (Å²) in [6.45, 7) is 5.42. The fourth-order valence-electron chi connectivity index (χ4n) is 3.29. The molecule has 8 nitrogen and oxygen atoms in total.